The van der Waals surface area contributed by atoms with Crippen LogP contribution in [0.25, 0.3) is 0 Å². The largest absolute Gasteiger partial charge is 0.332 e. The van der Waals surface area contributed by atoms with Gasteiger partial charge in [0.1, 0.15) is 6.04 Å². The van der Waals surface area contributed by atoms with E-state index >= 15 is 0 Å². The number of nitrogens with two attached hydrogens (primary N) is 1. The van der Waals surface area contributed by atoms with E-state index in [2.05, 4.69) is 23.5 Å². The van der Waals surface area contributed by atoms with Crippen molar-refractivity contribution in [2.75, 3.05) is 25.5 Å². The molecule has 0 bridgehead atoms. The molecule has 1 heterocycles. The highest BCUT2D eigenvalue weighted by molar-refractivity contribution is 7.10. The predicted molar refractivity (Wildman–Crippen MR) is 122 cm³/mol. The van der Waals surface area contributed by atoms with Gasteiger partial charge in [0.15, 0.2) is 6.54 Å². The number of para-hydroxylation sites is 1. The van der Waals surface area contributed by atoms with E-state index in [4.69, 9.17) is 0 Å². The third kappa shape index (κ3) is 5.55. The minimum absolute atomic E-state index is 0.0233. The number of hydrogen-bond acceptors (Lipinski definition) is 3. The highest BCUT2D eigenvalue weighted by Crippen LogP contribution is 2.22. The van der Waals surface area contributed by atoms with Crippen molar-refractivity contribution in [3.63, 3.8) is 0 Å². The number of aryl methyl sites for hydroxylation is 2. The fraction of sp³-hybridized carbons (Fsp3) is 0.250. The van der Waals surface area contributed by atoms with Gasteiger partial charge in [-0.3, -0.25) is 9.59 Å². The summed E-state index contributed by atoms with van der Waals surface area (Å²) in [6, 6.07) is 20.2. The first-order chi connectivity index (χ1) is 14.5. The molecule has 30 heavy (non-hydrogen) atoms. The van der Waals surface area contributed by atoms with Crippen LogP contribution in [0.4, 0.5) is 5.69 Å². The molecule has 0 aliphatic heterocycles. The van der Waals surface area contributed by atoms with E-state index in [1.54, 1.807) is 18.4 Å². The smallest absolute Gasteiger partial charge is 0.277 e. The molecular formula is C24H28N3O2S+. The molecule has 1 aromatic heterocycles. The fourth-order valence-corrected chi connectivity index (χ4v) is 4.26. The zero-order valence-electron chi connectivity index (χ0n) is 17.6. The first-order valence-electron chi connectivity index (χ1n) is 9.97. The van der Waals surface area contributed by atoms with Gasteiger partial charge in [-0.1, -0.05) is 54.6 Å². The Bertz CT molecular complexity index is 967. The molecule has 0 fully saturated rings. The Kier molecular flexibility index (Phi) is 7.38. The van der Waals surface area contributed by atoms with Crippen molar-refractivity contribution in [2.45, 2.75) is 19.9 Å². The lowest BCUT2D eigenvalue weighted by molar-refractivity contribution is -0.676. The summed E-state index contributed by atoms with van der Waals surface area (Å²) >= 11 is 1.68. The van der Waals surface area contributed by atoms with Crippen LogP contribution >= 0.6 is 11.3 Å². The third-order valence-electron chi connectivity index (χ3n) is 5.09. The van der Waals surface area contributed by atoms with Crippen LogP contribution in [0.15, 0.2) is 66.0 Å². The topological polar surface area (TPSA) is 66.0 Å². The average molecular weight is 423 g/mol. The summed E-state index contributed by atoms with van der Waals surface area (Å²) in [7, 11) is 1.67. The maximum absolute atomic E-state index is 12.7. The van der Waals surface area contributed by atoms with Gasteiger partial charge in [0.25, 0.3) is 5.91 Å². The minimum atomic E-state index is -0.193. The van der Waals surface area contributed by atoms with Crippen molar-refractivity contribution in [2.24, 2.45) is 0 Å². The number of quaternary nitrogens is 1. The van der Waals surface area contributed by atoms with E-state index in [9.17, 15) is 9.59 Å². The summed E-state index contributed by atoms with van der Waals surface area (Å²) in [6.45, 7) is 4.21. The summed E-state index contributed by atoms with van der Waals surface area (Å²) in [5, 5.41) is 7.01. The van der Waals surface area contributed by atoms with Gasteiger partial charge in [-0.2, -0.15) is 0 Å². The lowest BCUT2D eigenvalue weighted by atomic mass is 10.1. The number of anilines is 1. The maximum Gasteiger partial charge on any atom is 0.277 e. The molecule has 156 valence electrons. The molecule has 3 N–H and O–H groups in total. The van der Waals surface area contributed by atoms with Crippen molar-refractivity contribution >= 4 is 28.8 Å². The van der Waals surface area contributed by atoms with Gasteiger partial charge in [0.05, 0.1) is 11.4 Å². The first kappa shape index (κ1) is 21.7. The number of nitrogens with zero attached hydrogens (tertiary/aromatic N) is 1. The number of thiophene rings is 1. The molecule has 0 unspecified atom stereocenters. The van der Waals surface area contributed by atoms with Crippen molar-refractivity contribution in [3.8, 4) is 0 Å². The second kappa shape index (κ2) is 10.2. The van der Waals surface area contributed by atoms with Crippen LogP contribution in [0, 0.1) is 13.8 Å². The lowest BCUT2D eigenvalue weighted by Crippen LogP contribution is -2.87. The fourth-order valence-electron chi connectivity index (χ4n) is 3.41. The van der Waals surface area contributed by atoms with E-state index in [-0.39, 0.29) is 30.9 Å². The molecule has 2 amide bonds. The van der Waals surface area contributed by atoms with Gasteiger partial charge >= 0.3 is 0 Å². The Hall–Kier alpha value is -2.96. The zero-order valence-corrected chi connectivity index (χ0v) is 18.4. The molecule has 0 spiro atoms. The van der Waals surface area contributed by atoms with Crippen LogP contribution in [0.2, 0.25) is 0 Å². The number of carbonyl (C=O) groups is 2. The average Bonchev–Trinajstić information content (AvgIpc) is 3.26. The van der Waals surface area contributed by atoms with Gasteiger partial charge < -0.3 is 15.5 Å². The Morgan fingerprint density at radius 1 is 1.00 bits per heavy atom. The quantitative estimate of drug-likeness (QED) is 0.586. The number of hydrogen-bond donors (Lipinski definition) is 2. The minimum Gasteiger partial charge on any atom is -0.332 e. The van der Waals surface area contributed by atoms with Gasteiger partial charge in [-0.25, -0.2) is 0 Å². The van der Waals surface area contributed by atoms with E-state index in [0.29, 0.717) is 0 Å². The number of benzene rings is 2. The lowest BCUT2D eigenvalue weighted by Gasteiger charge is -2.19. The zero-order chi connectivity index (χ0) is 21.5. The van der Waals surface area contributed by atoms with Crippen molar-refractivity contribution in [3.05, 3.63) is 87.6 Å². The van der Waals surface area contributed by atoms with Gasteiger partial charge in [0.2, 0.25) is 5.91 Å². The van der Waals surface area contributed by atoms with Gasteiger partial charge in [0, 0.05) is 18.3 Å². The number of rotatable bonds is 8. The predicted octanol–water partition coefficient (Wildman–Crippen LogP) is 3.11. The van der Waals surface area contributed by atoms with Crippen LogP contribution in [0.3, 0.4) is 0 Å². The first-order valence-corrected chi connectivity index (χ1v) is 10.9. The molecule has 6 heteroatoms. The Balaban J connectivity index is 1.58. The Labute approximate surface area is 181 Å². The van der Waals surface area contributed by atoms with Crippen molar-refractivity contribution in [1.82, 2.24) is 4.90 Å². The Morgan fingerprint density at radius 2 is 1.70 bits per heavy atom. The van der Waals surface area contributed by atoms with E-state index < -0.39 is 0 Å². The van der Waals surface area contributed by atoms with Gasteiger partial charge in [-0.05, 0) is 36.4 Å². The molecule has 0 saturated heterocycles. The van der Waals surface area contributed by atoms with Crippen LogP contribution in [0.5, 0.6) is 0 Å². The van der Waals surface area contributed by atoms with Crippen LogP contribution in [-0.4, -0.2) is 36.9 Å². The molecule has 0 saturated carbocycles. The number of nitrogens with one attached hydrogen (secondary N) is 1. The van der Waals surface area contributed by atoms with E-state index in [1.807, 2.05) is 67.0 Å². The van der Waals surface area contributed by atoms with Gasteiger partial charge in [-0.15, -0.1) is 11.3 Å². The van der Waals surface area contributed by atoms with Crippen LogP contribution in [-0.2, 0) is 9.59 Å². The summed E-state index contributed by atoms with van der Waals surface area (Å²) in [5.74, 6) is -0.273. The molecule has 3 rings (SSSR count). The highest BCUT2D eigenvalue weighted by atomic mass is 32.1. The number of amides is 2. The molecule has 1 atom stereocenters. The monoisotopic (exact) mass is 422 g/mol. The normalized spacial score (nSPS) is 11.7. The second-order valence-electron chi connectivity index (χ2n) is 7.41. The number of carbonyl (C=O) groups excluding carboxylic acids is 2. The molecule has 3 aromatic rings. The summed E-state index contributed by atoms with van der Waals surface area (Å²) in [4.78, 5) is 27.8. The molecule has 2 aromatic carbocycles. The summed E-state index contributed by atoms with van der Waals surface area (Å²) in [5.41, 5.74) is 3.99. The summed E-state index contributed by atoms with van der Waals surface area (Å²) < 4.78 is 0. The molecule has 0 radical (unpaired) electrons. The molecular weight excluding hydrogens is 394 g/mol. The highest BCUT2D eigenvalue weighted by Gasteiger charge is 2.22. The SMILES string of the molecule is Cc1cccc(C)c1NC(=O)CN(C)C(=O)C[NH2+][C@H](c1ccccc1)c1cccs1. The number of likely N-dealkylation sites (N-methyl/N-ethyl adjacent to an activating group) is 1. The Morgan fingerprint density at radius 3 is 2.33 bits per heavy atom. The second-order valence-corrected chi connectivity index (χ2v) is 8.39. The van der Waals surface area contributed by atoms with E-state index in [1.165, 1.54) is 9.78 Å². The molecule has 0 aliphatic rings. The van der Waals surface area contributed by atoms with Crippen LogP contribution in [0.1, 0.15) is 27.6 Å². The third-order valence-corrected chi connectivity index (χ3v) is 6.04. The van der Waals surface area contributed by atoms with Crippen LogP contribution < -0.4 is 10.6 Å². The standard InChI is InChI=1S/C24H27N3O2S/c1-17-9-7-10-18(2)23(17)26-21(28)16-27(3)22(29)15-25-24(20-13-8-14-30-20)19-11-5-4-6-12-19/h4-14,24-25H,15-16H2,1-3H3,(H,26,28)/p+1/t24-/m1/s1. The maximum atomic E-state index is 12.7. The molecule has 0 aliphatic carbocycles. The van der Waals surface area contributed by atoms with E-state index in [0.717, 1.165) is 22.4 Å². The van der Waals surface area contributed by atoms with Crippen molar-refractivity contribution in [1.29, 1.82) is 0 Å². The molecule has 5 nitrogen and oxygen atoms in total. The summed E-state index contributed by atoms with van der Waals surface area (Å²) in [6.07, 6.45) is 0. The van der Waals surface area contributed by atoms with Crippen molar-refractivity contribution < 1.29 is 14.9 Å².